The number of primary amides is 1. The Kier molecular flexibility index (Phi) is 6.90. The molecule has 1 heterocycles. The fraction of sp³-hybridized carbons (Fsp3) is 0.500. The van der Waals surface area contributed by atoms with E-state index in [1.807, 2.05) is 21.0 Å². The number of carbonyl (C=O) groups is 1. The molecule has 26 heavy (non-hydrogen) atoms. The largest absolute Gasteiger partial charge is 0.378 e. The number of hydrogen-bond acceptors (Lipinski definition) is 2. The van der Waals surface area contributed by atoms with Gasteiger partial charge in [-0.15, -0.1) is 0 Å². The lowest BCUT2D eigenvalue weighted by Gasteiger charge is -2.15. The van der Waals surface area contributed by atoms with Gasteiger partial charge in [-0.1, -0.05) is 38.8 Å². The minimum absolute atomic E-state index is 0.331. The second kappa shape index (κ2) is 8.93. The van der Waals surface area contributed by atoms with Gasteiger partial charge in [-0.2, -0.15) is 0 Å². The van der Waals surface area contributed by atoms with Gasteiger partial charge >= 0.3 is 0 Å². The van der Waals surface area contributed by atoms with E-state index in [9.17, 15) is 4.79 Å². The summed E-state index contributed by atoms with van der Waals surface area (Å²) >= 11 is 0. The maximum absolute atomic E-state index is 12.3. The molecule has 0 saturated heterocycles. The first kappa shape index (κ1) is 20.1. The Morgan fingerprint density at radius 3 is 2.19 bits per heavy atom. The third-order valence-corrected chi connectivity index (χ3v) is 5.05. The smallest absolute Gasteiger partial charge is 0.251 e. The van der Waals surface area contributed by atoms with Crippen molar-refractivity contribution in [2.45, 2.75) is 59.4 Å². The number of rotatable bonds is 9. The number of benzene rings is 1. The minimum Gasteiger partial charge on any atom is -0.378 e. The van der Waals surface area contributed by atoms with Crippen molar-refractivity contribution in [3.63, 3.8) is 0 Å². The van der Waals surface area contributed by atoms with E-state index in [2.05, 4.69) is 47.6 Å². The van der Waals surface area contributed by atoms with Gasteiger partial charge in [0.1, 0.15) is 0 Å². The summed E-state index contributed by atoms with van der Waals surface area (Å²) in [6, 6.07) is 8.41. The van der Waals surface area contributed by atoms with Gasteiger partial charge in [0.15, 0.2) is 0 Å². The van der Waals surface area contributed by atoms with Crippen LogP contribution < -0.4 is 10.6 Å². The van der Waals surface area contributed by atoms with Crippen molar-refractivity contribution in [1.29, 1.82) is 0 Å². The second-order valence-corrected chi connectivity index (χ2v) is 7.20. The van der Waals surface area contributed by atoms with E-state index in [0.717, 1.165) is 61.2 Å². The molecule has 2 rings (SSSR count). The Morgan fingerprint density at radius 2 is 1.69 bits per heavy atom. The molecule has 0 radical (unpaired) electrons. The zero-order valence-electron chi connectivity index (χ0n) is 16.9. The SMILES string of the molecule is CCCCc1c(-c2ccc(N(C)C)cc2)c(C(N)=O)c(C)n1CCCC. The van der Waals surface area contributed by atoms with Crippen LogP contribution in [0.4, 0.5) is 5.69 Å². The molecule has 1 aromatic heterocycles. The van der Waals surface area contributed by atoms with Crippen LogP contribution in [0.25, 0.3) is 11.1 Å². The summed E-state index contributed by atoms with van der Waals surface area (Å²) in [5, 5.41) is 0. The zero-order chi connectivity index (χ0) is 19.3. The number of amides is 1. The molecule has 0 atom stereocenters. The summed E-state index contributed by atoms with van der Waals surface area (Å²) in [4.78, 5) is 14.4. The molecule has 1 amide bonds. The van der Waals surface area contributed by atoms with Crippen LogP contribution in [0.1, 0.15) is 61.3 Å². The Balaban J connectivity index is 2.65. The Hall–Kier alpha value is -2.23. The average molecular weight is 356 g/mol. The summed E-state index contributed by atoms with van der Waals surface area (Å²) in [6.07, 6.45) is 5.44. The van der Waals surface area contributed by atoms with Crippen molar-refractivity contribution in [1.82, 2.24) is 4.57 Å². The Bertz CT molecular complexity index is 742. The third-order valence-electron chi connectivity index (χ3n) is 5.05. The van der Waals surface area contributed by atoms with Crippen LogP contribution in [-0.2, 0) is 13.0 Å². The molecule has 0 aliphatic rings. The van der Waals surface area contributed by atoms with Crippen LogP contribution in [0.15, 0.2) is 24.3 Å². The van der Waals surface area contributed by atoms with Gasteiger partial charge in [-0.3, -0.25) is 4.79 Å². The van der Waals surface area contributed by atoms with Crippen molar-refractivity contribution < 1.29 is 4.79 Å². The molecule has 0 aliphatic carbocycles. The van der Waals surface area contributed by atoms with Gasteiger partial charge in [0, 0.05) is 43.3 Å². The van der Waals surface area contributed by atoms with Crippen molar-refractivity contribution >= 4 is 11.6 Å². The van der Waals surface area contributed by atoms with E-state index < -0.39 is 0 Å². The summed E-state index contributed by atoms with van der Waals surface area (Å²) in [5.41, 5.74) is 12.0. The van der Waals surface area contributed by atoms with E-state index in [1.165, 1.54) is 5.69 Å². The monoisotopic (exact) mass is 355 g/mol. The highest BCUT2D eigenvalue weighted by Gasteiger charge is 2.24. The molecule has 0 saturated carbocycles. The Morgan fingerprint density at radius 1 is 1.08 bits per heavy atom. The van der Waals surface area contributed by atoms with Crippen LogP contribution in [-0.4, -0.2) is 24.6 Å². The lowest BCUT2D eigenvalue weighted by molar-refractivity contribution is 0.1000. The number of hydrogen-bond donors (Lipinski definition) is 1. The molecular formula is C22H33N3O. The van der Waals surface area contributed by atoms with Crippen molar-refractivity contribution in [2.75, 3.05) is 19.0 Å². The molecule has 1 aromatic carbocycles. The first-order valence-corrected chi connectivity index (χ1v) is 9.71. The van der Waals surface area contributed by atoms with E-state index in [0.29, 0.717) is 5.56 Å². The first-order chi connectivity index (χ1) is 12.4. The van der Waals surface area contributed by atoms with Gasteiger partial charge in [0.05, 0.1) is 5.56 Å². The molecule has 0 spiro atoms. The lowest BCUT2D eigenvalue weighted by atomic mass is 9.97. The van der Waals surface area contributed by atoms with Crippen LogP contribution in [0.3, 0.4) is 0 Å². The van der Waals surface area contributed by atoms with Gasteiger partial charge < -0.3 is 15.2 Å². The molecule has 0 bridgehead atoms. The topological polar surface area (TPSA) is 51.3 Å². The van der Waals surface area contributed by atoms with E-state index in [4.69, 9.17) is 5.73 Å². The van der Waals surface area contributed by atoms with Gasteiger partial charge in [0.2, 0.25) is 0 Å². The summed E-state index contributed by atoms with van der Waals surface area (Å²) in [7, 11) is 4.06. The number of unbranched alkanes of at least 4 members (excludes halogenated alkanes) is 2. The summed E-state index contributed by atoms with van der Waals surface area (Å²) in [6.45, 7) is 7.37. The fourth-order valence-corrected chi connectivity index (χ4v) is 3.56. The van der Waals surface area contributed by atoms with Crippen molar-refractivity contribution in [3.05, 3.63) is 41.2 Å². The summed E-state index contributed by atoms with van der Waals surface area (Å²) in [5.74, 6) is -0.331. The quantitative estimate of drug-likeness (QED) is 0.704. The van der Waals surface area contributed by atoms with Crippen LogP contribution >= 0.6 is 0 Å². The number of anilines is 1. The molecule has 4 nitrogen and oxygen atoms in total. The highest BCUT2D eigenvalue weighted by molar-refractivity contribution is 6.02. The molecule has 4 heteroatoms. The van der Waals surface area contributed by atoms with Crippen LogP contribution in [0.5, 0.6) is 0 Å². The van der Waals surface area contributed by atoms with E-state index >= 15 is 0 Å². The Labute approximate surface area is 158 Å². The number of carbonyl (C=O) groups excluding carboxylic acids is 1. The van der Waals surface area contributed by atoms with Crippen LogP contribution in [0, 0.1) is 6.92 Å². The first-order valence-electron chi connectivity index (χ1n) is 9.71. The van der Waals surface area contributed by atoms with Gasteiger partial charge in [-0.25, -0.2) is 0 Å². The zero-order valence-corrected chi connectivity index (χ0v) is 16.9. The third kappa shape index (κ3) is 4.12. The van der Waals surface area contributed by atoms with Crippen molar-refractivity contribution in [2.24, 2.45) is 5.73 Å². The fourth-order valence-electron chi connectivity index (χ4n) is 3.56. The molecule has 2 aromatic rings. The highest BCUT2D eigenvalue weighted by atomic mass is 16.1. The molecule has 0 aliphatic heterocycles. The van der Waals surface area contributed by atoms with Gasteiger partial charge in [0.25, 0.3) is 5.91 Å². The number of nitrogens with two attached hydrogens (primary N) is 1. The van der Waals surface area contributed by atoms with E-state index in [1.54, 1.807) is 0 Å². The number of aromatic nitrogens is 1. The predicted octanol–water partition coefficient (Wildman–Crippen LogP) is 4.77. The normalized spacial score (nSPS) is 11.0. The molecule has 2 N–H and O–H groups in total. The van der Waals surface area contributed by atoms with E-state index in [-0.39, 0.29) is 5.91 Å². The van der Waals surface area contributed by atoms with Crippen LogP contribution in [0.2, 0.25) is 0 Å². The lowest BCUT2D eigenvalue weighted by Crippen LogP contribution is -2.13. The predicted molar refractivity (Wildman–Crippen MR) is 111 cm³/mol. The maximum atomic E-state index is 12.3. The molecule has 0 fully saturated rings. The standard InChI is InChI=1S/C22H33N3O/c1-6-8-10-19-21(17-11-13-18(14-12-17)24(4)5)20(22(23)26)16(3)25(19)15-9-7-2/h11-14H,6-10,15H2,1-5H3,(H2,23,26). The molecule has 142 valence electrons. The minimum atomic E-state index is -0.331. The summed E-state index contributed by atoms with van der Waals surface area (Å²) < 4.78 is 2.33. The highest BCUT2D eigenvalue weighted by Crippen LogP contribution is 2.35. The van der Waals surface area contributed by atoms with Crippen molar-refractivity contribution in [3.8, 4) is 11.1 Å². The average Bonchev–Trinajstić information content (AvgIpc) is 2.90. The molecular weight excluding hydrogens is 322 g/mol. The number of nitrogens with zero attached hydrogens (tertiary/aromatic N) is 2. The van der Waals surface area contributed by atoms with Gasteiger partial charge in [-0.05, 0) is 43.9 Å². The maximum Gasteiger partial charge on any atom is 0.251 e. The second-order valence-electron chi connectivity index (χ2n) is 7.20. The molecule has 0 unspecified atom stereocenters.